The summed E-state index contributed by atoms with van der Waals surface area (Å²) in [5.41, 5.74) is 0.551. The molecule has 0 bridgehead atoms. The van der Waals surface area contributed by atoms with Crippen LogP contribution < -0.4 is 4.74 Å². The molecular formula is C13H9BrN2O5. The molecule has 2 rings (SSSR count). The third-order valence-electron chi connectivity index (χ3n) is 2.67. The van der Waals surface area contributed by atoms with Gasteiger partial charge in [0.15, 0.2) is 0 Å². The number of alkyl halides is 1. The van der Waals surface area contributed by atoms with E-state index in [2.05, 4.69) is 15.9 Å². The number of benzene rings is 2. The first-order valence-corrected chi connectivity index (χ1v) is 6.89. The van der Waals surface area contributed by atoms with Crippen LogP contribution in [-0.4, -0.2) is 9.85 Å². The van der Waals surface area contributed by atoms with Crippen LogP contribution in [-0.2, 0) is 5.33 Å². The van der Waals surface area contributed by atoms with E-state index >= 15 is 0 Å². The minimum Gasteiger partial charge on any atom is -0.457 e. The van der Waals surface area contributed by atoms with Gasteiger partial charge in [-0.05, 0) is 18.2 Å². The van der Waals surface area contributed by atoms with Gasteiger partial charge in [-0.15, -0.1) is 0 Å². The van der Waals surface area contributed by atoms with Gasteiger partial charge in [-0.2, -0.15) is 0 Å². The largest absolute Gasteiger partial charge is 0.457 e. The lowest BCUT2D eigenvalue weighted by atomic mass is 10.2. The second-order valence-corrected chi connectivity index (χ2v) is 4.60. The highest BCUT2D eigenvalue weighted by Gasteiger charge is 2.12. The molecule has 0 heterocycles. The van der Waals surface area contributed by atoms with Gasteiger partial charge in [-0.1, -0.05) is 15.9 Å². The number of nitro benzene ring substituents is 2. The fraction of sp³-hybridized carbons (Fsp3) is 0.0769. The van der Waals surface area contributed by atoms with Crippen molar-refractivity contribution in [2.24, 2.45) is 0 Å². The average Bonchev–Trinajstić information content (AvgIpc) is 2.48. The maximum atomic E-state index is 10.7. The SMILES string of the molecule is O=[N+]([O-])c1ccc(Oc2ccc([N+](=O)[O-])cc2CBr)cc1. The van der Waals surface area contributed by atoms with Crippen LogP contribution in [0.1, 0.15) is 5.56 Å². The molecule has 108 valence electrons. The topological polar surface area (TPSA) is 95.5 Å². The number of rotatable bonds is 5. The highest BCUT2D eigenvalue weighted by atomic mass is 79.9. The van der Waals surface area contributed by atoms with Gasteiger partial charge in [0.2, 0.25) is 0 Å². The molecule has 0 N–H and O–H groups in total. The van der Waals surface area contributed by atoms with Crippen LogP contribution in [0.4, 0.5) is 11.4 Å². The van der Waals surface area contributed by atoms with Gasteiger partial charge in [0.1, 0.15) is 11.5 Å². The second kappa shape index (κ2) is 6.31. The van der Waals surface area contributed by atoms with Gasteiger partial charge < -0.3 is 4.74 Å². The fourth-order valence-corrected chi connectivity index (χ4v) is 2.08. The maximum Gasteiger partial charge on any atom is 0.270 e. The van der Waals surface area contributed by atoms with Crippen molar-refractivity contribution in [3.8, 4) is 11.5 Å². The molecule has 0 spiro atoms. The molecule has 0 radical (unpaired) electrons. The van der Waals surface area contributed by atoms with Crippen molar-refractivity contribution in [3.05, 3.63) is 68.3 Å². The molecule has 0 aliphatic heterocycles. The van der Waals surface area contributed by atoms with Crippen molar-refractivity contribution in [3.63, 3.8) is 0 Å². The Balaban J connectivity index is 2.26. The molecule has 0 aliphatic carbocycles. The van der Waals surface area contributed by atoms with Crippen molar-refractivity contribution in [2.45, 2.75) is 5.33 Å². The molecular weight excluding hydrogens is 344 g/mol. The summed E-state index contributed by atoms with van der Waals surface area (Å²) in [6, 6.07) is 9.84. The summed E-state index contributed by atoms with van der Waals surface area (Å²) in [6.07, 6.45) is 0. The number of hydrogen-bond acceptors (Lipinski definition) is 5. The van der Waals surface area contributed by atoms with Crippen molar-refractivity contribution in [2.75, 3.05) is 0 Å². The van der Waals surface area contributed by atoms with E-state index in [1.54, 1.807) is 0 Å². The molecule has 2 aromatic carbocycles. The van der Waals surface area contributed by atoms with Crippen molar-refractivity contribution >= 4 is 27.3 Å². The van der Waals surface area contributed by atoms with E-state index in [1.807, 2.05) is 0 Å². The first-order valence-electron chi connectivity index (χ1n) is 5.77. The fourth-order valence-electron chi connectivity index (χ4n) is 1.65. The normalized spacial score (nSPS) is 10.1. The molecule has 0 saturated heterocycles. The maximum absolute atomic E-state index is 10.7. The van der Waals surface area contributed by atoms with Crippen LogP contribution in [0, 0.1) is 20.2 Å². The standard InChI is InChI=1S/C13H9BrN2O5/c14-8-9-7-11(16(19)20)3-6-13(9)21-12-4-1-10(2-5-12)15(17)18/h1-7H,8H2. The monoisotopic (exact) mass is 352 g/mol. The summed E-state index contributed by atoms with van der Waals surface area (Å²) in [7, 11) is 0. The predicted octanol–water partition coefficient (Wildman–Crippen LogP) is 4.19. The molecule has 7 nitrogen and oxygen atoms in total. The van der Waals surface area contributed by atoms with E-state index in [-0.39, 0.29) is 11.4 Å². The quantitative estimate of drug-likeness (QED) is 0.456. The molecule has 8 heteroatoms. The number of nitro groups is 2. The lowest BCUT2D eigenvalue weighted by molar-refractivity contribution is -0.385. The number of ether oxygens (including phenoxy) is 1. The average molecular weight is 353 g/mol. The van der Waals surface area contributed by atoms with Crippen LogP contribution in [0.15, 0.2) is 42.5 Å². The Hall–Kier alpha value is -2.48. The number of nitrogens with zero attached hydrogens (tertiary/aromatic N) is 2. The van der Waals surface area contributed by atoms with Crippen molar-refractivity contribution < 1.29 is 14.6 Å². The molecule has 0 fully saturated rings. The predicted molar refractivity (Wildman–Crippen MR) is 78.9 cm³/mol. The molecule has 0 aliphatic rings. The zero-order valence-corrected chi connectivity index (χ0v) is 12.1. The van der Waals surface area contributed by atoms with Gasteiger partial charge in [0.05, 0.1) is 9.85 Å². The van der Waals surface area contributed by atoms with Gasteiger partial charge in [0, 0.05) is 35.2 Å². The summed E-state index contributed by atoms with van der Waals surface area (Å²) in [5.74, 6) is 0.864. The van der Waals surface area contributed by atoms with Gasteiger partial charge in [-0.25, -0.2) is 0 Å². The second-order valence-electron chi connectivity index (χ2n) is 4.04. The molecule has 0 atom stereocenters. The molecule has 2 aromatic rings. The van der Waals surface area contributed by atoms with Crippen LogP contribution in [0.2, 0.25) is 0 Å². The highest BCUT2D eigenvalue weighted by Crippen LogP contribution is 2.30. The van der Waals surface area contributed by atoms with Crippen molar-refractivity contribution in [1.29, 1.82) is 0 Å². The molecule has 21 heavy (non-hydrogen) atoms. The van der Waals surface area contributed by atoms with Crippen LogP contribution in [0.3, 0.4) is 0 Å². The van der Waals surface area contributed by atoms with E-state index in [4.69, 9.17) is 4.74 Å². The lowest BCUT2D eigenvalue weighted by Crippen LogP contribution is -1.94. The third-order valence-corrected chi connectivity index (χ3v) is 3.28. The van der Waals surface area contributed by atoms with E-state index in [0.29, 0.717) is 22.4 Å². The van der Waals surface area contributed by atoms with Gasteiger partial charge >= 0.3 is 0 Å². The van der Waals surface area contributed by atoms with Gasteiger partial charge in [-0.3, -0.25) is 20.2 Å². The van der Waals surface area contributed by atoms with Gasteiger partial charge in [0.25, 0.3) is 11.4 Å². The third kappa shape index (κ3) is 3.54. The van der Waals surface area contributed by atoms with Crippen LogP contribution in [0.25, 0.3) is 0 Å². The Kier molecular flexibility index (Phi) is 4.49. The highest BCUT2D eigenvalue weighted by molar-refractivity contribution is 9.08. The molecule has 0 saturated carbocycles. The summed E-state index contributed by atoms with van der Waals surface area (Å²) in [6.45, 7) is 0. The Bertz CT molecular complexity index is 687. The Morgan fingerprint density at radius 2 is 1.52 bits per heavy atom. The Morgan fingerprint density at radius 1 is 0.952 bits per heavy atom. The first kappa shape index (κ1) is 14.9. The van der Waals surface area contributed by atoms with E-state index in [1.165, 1.54) is 42.5 Å². The van der Waals surface area contributed by atoms with E-state index in [0.717, 1.165) is 0 Å². The minimum absolute atomic E-state index is 0.0273. The first-order chi connectivity index (χ1) is 10.0. The summed E-state index contributed by atoms with van der Waals surface area (Å²) < 4.78 is 5.59. The minimum atomic E-state index is -0.500. The van der Waals surface area contributed by atoms with Crippen LogP contribution >= 0.6 is 15.9 Å². The summed E-state index contributed by atoms with van der Waals surface area (Å²) in [5, 5.41) is 21.7. The number of hydrogen-bond donors (Lipinski definition) is 0. The number of non-ortho nitro benzene ring substituents is 2. The smallest absolute Gasteiger partial charge is 0.270 e. The summed E-state index contributed by atoms with van der Waals surface area (Å²) in [4.78, 5) is 20.3. The van der Waals surface area contributed by atoms with Crippen LogP contribution in [0.5, 0.6) is 11.5 Å². The van der Waals surface area contributed by atoms with E-state index < -0.39 is 9.85 Å². The molecule has 0 amide bonds. The van der Waals surface area contributed by atoms with Crippen molar-refractivity contribution in [1.82, 2.24) is 0 Å². The molecule has 0 unspecified atom stereocenters. The lowest BCUT2D eigenvalue weighted by Gasteiger charge is -2.09. The Labute approximate surface area is 127 Å². The zero-order chi connectivity index (χ0) is 15.4. The molecule has 0 aromatic heterocycles. The Morgan fingerprint density at radius 3 is 2.05 bits per heavy atom. The zero-order valence-electron chi connectivity index (χ0n) is 10.6. The number of halogens is 1. The van der Waals surface area contributed by atoms with E-state index in [9.17, 15) is 20.2 Å². The summed E-state index contributed by atoms with van der Waals surface area (Å²) >= 11 is 3.24.